The van der Waals surface area contributed by atoms with Crippen molar-refractivity contribution in [2.45, 2.75) is 6.54 Å². The summed E-state index contributed by atoms with van der Waals surface area (Å²) >= 11 is 0. The molecule has 3 heterocycles. The van der Waals surface area contributed by atoms with E-state index in [0.29, 0.717) is 6.54 Å². The summed E-state index contributed by atoms with van der Waals surface area (Å²) in [5.41, 5.74) is 0.762. The van der Waals surface area contributed by atoms with E-state index in [2.05, 4.69) is 19.7 Å². The van der Waals surface area contributed by atoms with Gasteiger partial charge in [0.2, 0.25) is 5.95 Å². The van der Waals surface area contributed by atoms with Gasteiger partial charge in [0.15, 0.2) is 0 Å². The fourth-order valence-corrected chi connectivity index (χ4v) is 3.43. The number of hydrogen-bond donors (Lipinski definition) is 0. The van der Waals surface area contributed by atoms with E-state index in [1.54, 1.807) is 6.07 Å². The number of morpholine rings is 1. The molecule has 0 amide bonds. The first-order valence-electron chi connectivity index (χ1n) is 9.16. The van der Waals surface area contributed by atoms with Gasteiger partial charge in [-0.1, -0.05) is 18.2 Å². The summed E-state index contributed by atoms with van der Waals surface area (Å²) in [6.07, 6.45) is 1.83. The number of anilines is 2. The predicted molar refractivity (Wildman–Crippen MR) is 99.0 cm³/mol. The highest BCUT2D eigenvalue weighted by Gasteiger charge is 2.20. The Morgan fingerprint density at radius 2 is 1.69 bits per heavy atom. The van der Waals surface area contributed by atoms with Crippen LogP contribution < -0.4 is 9.80 Å². The third kappa shape index (κ3) is 3.94. The highest BCUT2D eigenvalue weighted by atomic mass is 19.1. The highest BCUT2D eigenvalue weighted by molar-refractivity contribution is 5.44. The van der Waals surface area contributed by atoms with Crippen LogP contribution in [0.5, 0.6) is 0 Å². The van der Waals surface area contributed by atoms with Gasteiger partial charge in [0.25, 0.3) is 0 Å². The van der Waals surface area contributed by atoms with Crippen LogP contribution in [0.15, 0.2) is 36.5 Å². The van der Waals surface area contributed by atoms with Crippen molar-refractivity contribution >= 4 is 11.8 Å². The van der Waals surface area contributed by atoms with E-state index >= 15 is 0 Å². The largest absolute Gasteiger partial charge is 0.378 e. The van der Waals surface area contributed by atoms with Crippen molar-refractivity contribution in [1.82, 2.24) is 14.9 Å². The maximum absolute atomic E-state index is 13.8. The van der Waals surface area contributed by atoms with Gasteiger partial charge in [0.1, 0.15) is 11.6 Å². The zero-order valence-corrected chi connectivity index (χ0v) is 14.9. The molecule has 0 N–H and O–H groups in total. The highest BCUT2D eigenvalue weighted by Crippen LogP contribution is 2.19. The van der Waals surface area contributed by atoms with Crippen LogP contribution in [0.25, 0.3) is 0 Å². The number of rotatable bonds is 4. The summed E-state index contributed by atoms with van der Waals surface area (Å²) in [6.45, 7) is 7.33. The van der Waals surface area contributed by atoms with Crippen LogP contribution in [0.2, 0.25) is 0 Å². The third-order valence-electron chi connectivity index (χ3n) is 4.97. The van der Waals surface area contributed by atoms with E-state index in [1.807, 2.05) is 24.4 Å². The second kappa shape index (κ2) is 7.97. The van der Waals surface area contributed by atoms with Crippen molar-refractivity contribution < 1.29 is 9.13 Å². The van der Waals surface area contributed by atoms with Gasteiger partial charge in [-0.15, -0.1) is 0 Å². The van der Waals surface area contributed by atoms with E-state index in [4.69, 9.17) is 9.72 Å². The number of piperazine rings is 1. The van der Waals surface area contributed by atoms with Crippen LogP contribution in [-0.2, 0) is 11.3 Å². The predicted octanol–water partition coefficient (Wildman–Crippen LogP) is 1.77. The summed E-state index contributed by atoms with van der Waals surface area (Å²) in [7, 11) is 0. The molecule has 7 heteroatoms. The summed E-state index contributed by atoms with van der Waals surface area (Å²) in [5, 5.41) is 0. The summed E-state index contributed by atoms with van der Waals surface area (Å²) in [6, 6.07) is 8.98. The lowest BCUT2D eigenvalue weighted by Gasteiger charge is -2.36. The molecule has 0 bridgehead atoms. The average Bonchev–Trinajstić information content (AvgIpc) is 2.71. The first kappa shape index (κ1) is 17.2. The van der Waals surface area contributed by atoms with Crippen LogP contribution in [0, 0.1) is 5.82 Å². The summed E-state index contributed by atoms with van der Waals surface area (Å²) in [4.78, 5) is 15.9. The zero-order valence-electron chi connectivity index (χ0n) is 14.9. The molecule has 1 aromatic carbocycles. The Hall–Kier alpha value is -2.25. The topological polar surface area (TPSA) is 44.7 Å². The Bertz CT molecular complexity index is 729. The van der Waals surface area contributed by atoms with Crippen molar-refractivity contribution in [1.29, 1.82) is 0 Å². The van der Waals surface area contributed by atoms with Crippen LogP contribution in [-0.4, -0.2) is 67.4 Å². The molecule has 1 aromatic heterocycles. The first-order valence-corrected chi connectivity index (χ1v) is 9.16. The van der Waals surface area contributed by atoms with Gasteiger partial charge in [-0.05, 0) is 12.1 Å². The van der Waals surface area contributed by atoms with Crippen LogP contribution >= 0.6 is 0 Å². The molecule has 2 aliphatic heterocycles. The molecule has 2 saturated heterocycles. The second-order valence-corrected chi connectivity index (χ2v) is 6.67. The van der Waals surface area contributed by atoms with Gasteiger partial charge >= 0.3 is 0 Å². The van der Waals surface area contributed by atoms with Gasteiger partial charge in [-0.25, -0.2) is 9.37 Å². The third-order valence-corrected chi connectivity index (χ3v) is 4.97. The van der Waals surface area contributed by atoms with E-state index in [1.165, 1.54) is 6.07 Å². The van der Waals surface area contributed by atoms with Gasteiger partial charge in [-0.3, -0.25) is 4.90 Å². The molecule has 0 radical (unpaired) electrons. The lowest BCUT2D eigenvalue weighted by Crippen LogP contribution is -2.46. The molecule has 6 nitrogen and oxygen atoms in total. The van der Waals surface area contributed by atoms with Gasteiger partial charge < -0.3 is 14.5 Å². The van der Waals surface area contributed by atoms with Crippen LogP contribution in [0.3, 0.4) is 0 Å². The van der Waals surface area contributed by atoms with E-state index in [9.17, 15) is 4.39 Å². The quantitative estimate of drug-likeness (QED) is 0.831. The summed E-state index contributed by atoms with van der Waals surface area (Å²) < 4.78 is 19.2. The molecule has 0 unspecified atom stereocenters. The smallest absolute Gasteiger partial charge is 0.227 e. The van der Waals surface area contributed by atoms with Crippen molar-refractivity contribution in [3.8, 4) is 0 Å². The molecular formula is C19H24FN5O. The fourth-order valence-electron chi connectivity index (χ4n) is 3.43. The molecule has 0 atom stereocenters. The first-order chi connectivity index (χ1) is 12.8. The monoisotopic (exact) mass is 357 g/mol. The molecule has 2 fully saturated rings. The van der Waals surface area contributed by atoms with Crippen LogP contribution in [0.4, 0.5) is 16.2 Å². The number of hydrogen-bond acceptors (Lipinski definition) is 6. The second-order valence-electron chi connectivity index (χ2n) is 6.67. The standard InChI is InChI=1S/C19H24FN5O/c20-17-4-2-1-3-16(17)15-23-7-9-24(10-8-23)18-5-6-21-19(22-18)25-11-13-26-14-12-25/h1-6H,7-15H2. The number of aromatic nitrogens is 2. The molecule has 2 aliphatic rings. The van der Waals surface area contributed by atoms with E-state index in [0.717, 1.165) is 69.8 Å². The molecule has 2 aromatic rings. The van der Waals surface area contributed by atoms with Gasteiger partial charge in [0, 0.05) is 57.6 Å². The Balaban J connectivity index is 1.36. The lowest BCUT2D eigenvalue weighted by molar-refractivity contribution is 0.122. The average molecular weight is 357 g/mol. The Morgan fingerprint density at radius 3 is 2.46 bits per heavy atom. The normalized spacial score (nSPS) is 19.0. The Labute approximate surface area is 153 Å². The van der Waals surface area contributed by atoms with Crippen LogP contribution in [0.1, 0.15) is 5.56 Å². The molecular weight excluding hydrogens is 333 g/mol. The van der Waals surface area contributed by atoms with Crippen molar-refractivity contribution in [3.63, 3.8) is 0 Å². The number of benzene rings is 1. The molecule has 0 spiro atoms. The minimum atomic E-state index is -0.124. The lowest BCUT2D eigenvalue weighted by atomic mass is 10.2. The number of ether oxygens (including phenoxy) is 1. The molecule has 26 heavy (non-hydrogen) atoms. The van der Waals surface area contributed by atoms with Gasteiger partial charge in [0.05, 0.1) is 13.2 Å². The number of nitrogens with zero attached hydrogens (tertiary/aromatic N) is 5. The number of halogens is 1. The maximum atomic E-state index is 13.8. The molecule has 0 saturated carbocycles. The maximum Gasteiger partial charge on any atom is 0.227 e. The molecule has 4 rings (SSSR count). The minimum Gasteiger partial charge on any atom is -0.378 e. The van der Waals surface area contributed by atoms with E-state index in [-0.39, 0.29) is 5.82 Å². The fraction of sp³-hybridized carbons (Fsp3) is 0.474. The van der Waals surface area contributed by atoms with E-state index < -0.39 is 0 Å². The van der Waals surface area contributed by atoms with Crippen molar-refractivity contribution in [2.24, 2.45) is 0 Å². The zero-order chi connectivity index (χ0) is 17.8. The SMILES string of the molecule is Fc1ccccc1CN1CCN(c2ccnc(N3CCOCC3)n2)CC1. The molecule has 0 aliphatic carbocycles. The van der Waals surface area contributed by atoms with Gasteiger partial charge in [-0.2, -0.15) is 4.98 Å². The Morgan fingerprint density at radius 1 is 0.923 bits per heavy atom. The Kier molecular flexibility index (Phi) is 5.26. The minimum absolute atomic E-state index is 0.124. The van der Waals surface area contributed by atoms with Crippen molar-refractivity contribution in [3.05, 3.63) is 47.9 Å². The molecule has 138 valence electrons. The van der Waals surface area contributed by atoms with Crippen molar-refractivity contribution in [2.75, 3.05) is 62.3 Å². The summed E-state index contributed by atoms with van der Waals surface area (Å²) in [5.74, 6) is 1.62.